The molecular weight excluding hydrogens is 278 g/mol. The number of hydrogen-bond donors (Lipinski definition) is 3. The molecule has 0 saturated carbocycles. The van der Waals surface area contributed by atoms with Crippen LogP contribution in [0.5, 0.6) is 5.88 Å². The Bertz CT molecular complexity index is 481. The van der Waals surface area contributed by atoms with Crippen molar-refractivity contribution in [3.05, 3.63) is 23.9 Å². The molecule has 1 aromatic heterocycles. The number of ether oxygens (including phenoxy) is 2. The second-order valence-corrected chi connectivity index (χ2v) is 4.23. The zero-order valence-electron chi connectivity index (χ0n) is 12.0. The van der Waals surface area contributed by atoms with Gasteiger partial charge in [0.05, 0.1) is 19.6 Å². The van der Waals surface area contributed by atoms with Crippen molar-refractivity contribution in [1.82, 2.24) is 15.6 Å². The molecule has 1 aromatic rings. The van der Waals surface area contributed by atoms with E-state index in [1.807, 2.05) is 0 Å². The third-order valence-electron chi connectivity index (χ3n) is 2.69. The molecule has 8 heteroatoms. The van der Waals surface area contributed by atoms with Gasteiger partial charge in [0.1, 0.15) is 0 Å². The van der Waals surface area contributed by atoms with Crippen LogP contribution in [-0.2, 0) is 16.1 Å². The molecule has 0 aromatic carbocycles. The Labute approximate surface area is 122 Å². The minimum atomic E-state index is -0.979. The lowest BCUT2D eigenvalue weighted by Crippen LogP contribution is -2.40. The van der Waals surface area contributed by atoms with Gasteiger partial charge in [0, 0.05) is 32.5 Å². The Kier molecular flexibility index (Phi) is 6.96. The third-order valence-corrected chi connectivity index (χ3v) is 2.69. The Hall–Kier alpha value is -2.35. The molecule has 1 atom stereocenters. The number of aliphatic carboxylic acids is 1. The number of carbonyl (C=O) groups excluding carboxylic acids is 1. The van der Waals surface area contributed by atoms with Crippen molar-refractivity contribution < 1.29 is 24.2 Å². The fraction of sp³-hybridized carbons (Fsp3) is 0.462. The number of carbonyl (C=O) groups is 2. The number of nitrogens with one attached hydrogen (secondary N) is 2. The van der Waals surface area contributed by atoms with E-state index in [1.165, 1.54) is 14.2 Å². The number of aromatic nitrogens is 1. The highest BCUT2D eigenvalue weighted by Crippen LogP contribution is 2.07. The van der Waals surface area contributed by atoms with E-state index in [0.29, 0.717) is 12.4 Å². The molecule has 3 N–H and O–H groups in total. The molecule has 0 aliphatic rings. The number of methoxy groups -OCH3 is 2. The van der Waals surface area contributed by atoms with E-state index in [9.17, 15) is 9.59 Å². The maximum Gasteiger partial charge on any atom is 0.315 e. The highest BCUT2D eigenvalue weighted by Gasteiger charge is 2.13. The number of pyridine rings is 1. The predicted molar refractivity (Wildman–Crippen MR) is 74.1 cm³/mol. The molecule has 116 valence electrons. The Morgan fingerprint density at radius 1 is 1.38 bits per heavy atom. The van der Waals surface area contributed by atoms with E-state index in [1.54, 1.807) is 18.3 Å². The quantitative estimate of drug-likeness (QED) is 0.640. The van der Waals surface area contributed by atoms with Gasteiger partial charge in [-0.2, -0.15) is 0 Å². The number of amides is 2. The van der Waals surface area contributed by atoms with Crippen LogP contribution in [0.1, 0.15) is 12.0 Å². The highest BCUT2D eigenvalue weighted by molar-refractivity contribution is 5.74. The molecule has 0 fully saturated rings. The first-order valence-corrected chi connectivity index (χ1v) is 6.30. The molecule has 2 amide bonds. The topological polar surface area (TPSA) is 110 Å². The van der Waals surface area contributed by atoms with Crippen LogP contribution in [0.2, 0.25) is 0 Å². The van der Waals surface area contributed by atoms with E-state index in [4.69, 9.17) is 14.6 Å². The molecule has 21 heavy (non-hydrogen) atoms. The number of carboxylic acid groups (broad SMARTS) is 1. The lowest BCUT2D eigenvalue weighted by atomic mass is 10.2. The van der Waals surface area contributed by atoms with Crippen LogP contribution in [0, 0.1) is 0 Å². The van der Waals surface area contributed by atoms with Crippen molar-refractivity contribution in [1.29, 1.82) is 0 Å². The average molecular weight is 297 g/mol. The summed E-state index contributed by atoms with van der Waals surface area (Å²) in [6.07, 6.45) is 0.856. The van der Waals surface area contributed by atoms with Gasteiger partial charge in [0.25, 0.3) is 0 Å². The molecular formula is C13H19N3O5. The van der Waals surface area contributed by atoms with Crippen LogP contribution in [0.3, 0.4) is 0 Å². The minimum absolute atomic E-state index is 0.119. The van der Waals surface area contributed by atoms with Gasteiger partial charge in [-0.05, 0) is 11.6 Å². The van der Waals surface area contributed by atoms with Crippen LogP contribution >= 0.6 is 0 Å². The summed E-state index contributed by atoms with van der Waals surface area (Å²) in [5.41, 5.74) is 0.839. The first kappa shape index (κ1) is 16.7. The zero-order valence-corrected chi connectivity index (χ0v) is 12.0. The van der Waals surface area contributed by atoms with Crippen molar-refractivity contribution in [3.8, 4) is 5.88 Å². The molecule has 0 spiro atoms. The van der Waals surface area contributed by atoms with E-state index in [2.05, 4.69) is 15.6 Å². The molecule has 0 radical (unpaired) electrons. The van der Waals surface area contributed by atoms with Crippen molar-refractivity contribution in [2.75, 3.05) is 20.8 Å². The molecule has 1 rings (SSSR count). The normalized spacial score (nSPS) is 11.5. The Balaban J connectivity index is 2.34. The van der Waals surface area contributed by atoms with Crippen LogP contribution < -0.4 is 15.4 Å². The summed E-state index contributed by atoms with van der Waals surface area (Å²) in [6, 6.07) is 3.06. The molecule has 0 saturated heterocycles. The maximum absolute atomic E-state index is 11.6. The van der Waals surface area contributed by atoms with Gasteiger partial charge in [-0.15, -0.1) is 0 Å². The molecule has 0 aliphatic heterocycles. The van der Waals surface area contributed by atoms with Gasteiger partial charge in [-0.1, -0.05) is 0 Å². The zero-order chi connectivity index (χ0) is 15.7. The van der Waals surface area contributed by atoms with Crippen molar-refractivity contribution in [3.63, 3.8) is 0 Å². The van der Waals surface area contributed by atoms with Gasteiger partial charge < -0.3 is 25.2 Å². The summed E-state index contributed by atoms with van der Waals surface area (Å²) in [4.78, 5) is 26.1. The summed E-state index contributed by atoms with van der Waals surface area (Å²) < 4.78 is 9.94. The smallest absolute Gasteiger partial charge is 0.315 e. The first-order chi connectivity index (χ1) is 10.0. The Morgan fingerprint density at radius 2 is 2.14 bits per heavy atom. The maximum atomic E-state index is 11.6. The summed E-state index contributed by atoms with van der Waals surface area (Å²) in [5.74, 6) is -0.511. The minimum Gasteiger partial charge on any atom is -0.481 e. The first-order valence-electron chi connectivity index (χ1n) is 6.30. The predicted octanol–water partition coefficient (Wildman–Crippen LogP) is 0.379. The third kappa shape index (κ3) is 6.57. The number of hydrogen-bond acceptors (Lipinski definition) is 5. The van der Waals surface area contributed by atoms with Crippen LogP contribution in [0.15, 0.2) is 18.3 Å². The van der Waals surface area contributed by atoms with Gasteiger partial charge in [0.2, 0.25) is 5.88 Å². The average Bonchev–Trinajstić information content (AvgIpc) is 2.49. The fourth-order valence-electron chi connectivity index (χ4n) is 1.56. The molecule has 1 unspecified atom stereocenters. The van der Waals surface area contributed by atoms with Crippen LogP contribution in [0.25, 0.3) is 0 Å². The van der Waals surface area contributed by atoms with Crippen LogP contribution in [0.4, 0.5) is 4.79 Å². The highest BCUT2D eigenvalue weighted by atomic mass is 16.5. The monoisotopic (exact) mass is 297 g/mol. The molecule has 8 nitrogen and oxygen atoms in total. The number of nitrogens with zero attached hydrogens (tertiary/aromatic N) is 1. The largest absolute Gasteiger partial charge is 0.481 e. The van der Waals surface area contributed by atoms with Crippen molar-refractivity contribution in [2.24, 2.45) is 0 Å². The molecule has 0 aliphatic carbocycles. The van der Waals surface area contributed by atoms with Gasteiger partial charge in [-0.3, -0.25) is 4.79 Å². The number of urea groups is 1. The summed E-state index contributed by atoms with van der Waals surface area (Å²) in [6.45, 7) is 0.426. The van der Waals surface area contributed by atoms with E-state index in [-0.39, 0.29) is 13.0 Å². The van der Waals surface area contributed by atoms with E-state index >= 15 is 0 Å². The van der Waals surface area contributed by atoms with Crippen molar-refractivity contribution >= 4 is 12.0 Å². The van der Waals surface area contributed by atoms with Gasteiger partial charge in [0.15, 0.2) is 0 Å². The SMILES string of the molecule is COc1cc(CNC(=O)NCC(CC(=O)O)OC)ccn1. The Morgan fingerprint density at radius 3 is 2.76 bits per heavy atom. The molecule has 0 bridgehead atoms. The fourth-order valence-corrected chi connectivity index (χ4v) is 1.56. The summed E-state index contributed by atoms with van der Waals surface area (Å²) in [7, 11) is 2.91. The second kappa shape index (κ2) is 8.75. The molecule has 1 heterocycles. The van der Waals surface area contributed by atoms with E-state index in [0.717, 1.165) is 5.56 Å². The second-order valence-electron chi connectivity index (χ2n) is 4.23. The lowest BCUT2D eigenvalue weighted by molar-refractivity contribution is -0.139. The summed E-state index contributed by atoms with van der Waals surface area (Å²) in [5, 5.41) is 13.9. The van der Waals surface area contributed by atoms with Gasteiger partial charge >= 0.3 is 12.0 Å². The van der Waals surface area contributed by atoms with Crippen LogP contribution in [-0.4, -0.2) is 49.0 Å². The number of rotatable bonds is 8. The standard InChI is InChI=1S/C13H19N3O5/c1-20-10(6-12(17)18)8-16-13(19)15-7-9-3-4-14-11(5-9)21-2/h3-5,10H,6-8H2,1-2H3,(H,17,18)(H2,15,16,19). The van der Waals surface area contributed by atoms with Crippen molar-refractivity contribution in [2.45, 2.75) is 19.1 Å². The summed E-state index contributed by atoms with van der Waals surface area (Å²) >= 11 is 0. The van der Waals surface area contributed by atoms with Gasteiger partial charge in [-0.25, -0.2) is 9.78 Å². The lowest BCUT2D eigenvalue weighted by Gasteiger charge is -2.14. The number of carboxylic acids is 1. The van der Waals surface area contributed by atoms with E-state index < -0.39 is 18.1 Å².